The molecule has 0 aromatic rings. The summed E-state index contributed by atoms with van der Waals surface area (Å²) in [4.78, 5) is 5.18. The van der Waals surface area contributed by atoms with Gasteiger partial charge in [0.1, 0.15) is 0 Å². The standard InChI is InChI=1S/C13H26N2S2/c16-11-12(15-8-2-1-3-9-15)13(17)10-14-6-4-5-7-14/h12-13,16-17H,1-11H2. The number of nitrogens with zero attached hydrogens (tertiary/aromatic N) is 2. The van der Waals surface area contributed by atoms with Crippen molar-refractivity contribution < 1.29 is 0 Å². The second kappa shape index (κ2) is 7.27. The molecule has 0 aromatic carbocycles. The van der Waals surface area contributed by atoms with Crippen LogP contribution in [0.1, 0.15) is 32.1 Å². The fraction of sp³-hybridized carbons (Fsp3) is 1.00. The van der Waals surface area contributed by atoms with E-state index in [1.54, 1.807) is 0 Å². The maximum atomic E-state index is 4.86. The van der Waals surface area contributed by atoms with Gasteiger partial charge in [0.25, 0.3) is 0 Å². The van der Waals surface area contributed by atoms with E-state index in [9.17, 15) is 0 Å². The van der Waals surface area contributed by atoms with Crippen LogP contribution in [0.5, 0.6) is 0 Å². The molecule has 2 atom stereocenters. The number of likely N-dealkylation sites (tertiary alicyclic amines) is 2. The third-order valence-corrected chi connectivity index (χ3v) is 5.02. The molecule has 0 aromatic heterocycles. The van der Waals surface area contributed by atoms with Gasteiger partial charge < -0.3 is 4.90 Å². The van der Waals surface area contributed by atoms with Gasteiger partial charge in [-0.1, -0.05) is 6.42 Å². The Bertz CT molecular complexity index is 213. The second-order valence-corrected chi connectivity index (χ2v) is 6.45. The zero-order chi connectivity index (χ0) is 12.1. The van der Waals surface area contributed by atoms with E-state index in [1.165, 1.54) is 58.3 Å². The third-order valence-electron chi connectivity index (χ3n) is 4.13. The number of hydrogen-bond acceptors (Lipinski definition) is 4. The van der Waals surface area contributed by atoms with Gasteiger partial charge in [-0.05, 0) is 51.9 Å². The monoisotopic (exact) mass is 274 g/mol. The van der Waals surface area contributed by atoms with Crippen LogP contribution < -0.4 is 0 Å². The lowest BCUT2D eigenvalue weighted by molar-refractivity contribution is 0.162. The van der Waals surface area contributed by atoms with Crippen molar-refractivity contribution in [3.63, 3.8) is 0 Å². The summed E-state index contributed by atoms with van der Waals surface area (Å²) in [5.41, 5.74) is 0. The fourth-order valence-electron chi connectivity index (χ4n) is 3.08. The summed E-state index contributed by atoms with van der Waals surface area (Å²) in [5.74, 6) is 0.946. The summed E-state index contributed by atoms with van der Waals surface area (Å²) in [5, 5.41) is 0.462. The van der Waals surface area contributed by atoms with E-state index >= 15 is 0 Å². The lowest BCUT2D eigenvalue weighted by Crippen LogP contribution is -2.48. The highest BCUT2D eigenvalue weighted by Gasteiger charge is 2.27. The predicted octanol–water partition coefficient (Wildman–Crippen LogP) is 2.16. The van der Waals surface area contributed by atoms with Crippen LogP contribution in [0.3, 0.4) is 0 Å². The minimum Gasteiger partial charge on any atom is -0.302 e. The van der Waals surface area contributed by atoms with E-state index in [2.05, 4.69) is 22.4 Å². The topological polar surface area (TPSA) is 6.48 Å². The SMILES string of the molecule is SCC(C(S)CN1CCCC1)N1CCCCC1. The van der Waals surface area contributed by atoms with Gasteiger partial charge in [0.05, 0.1) is 0 Å². The summed E-state index contributed by atoms with van der Waals surface area (Å²) in [6.07, 6.45) is 6.85. The first-order valence-electron chi connectivity index (χ1n) is 7.06. The minimum atomic E-state index is 0.462. The van der Waals surface area contributed by atoms with Gasteiger partial charge in [-0.15, -0.1) is 0 Å². The van der Waals surface area contributed by atoms with Gasteiger partial charge in [0.15, 0.2) is 0 Å². The zero-order valence-electron chi connectivity index (χ0n) is 10.7. The molecule has 17 heavy (non-hydrogen) atoms. The smallest absolute Gasteiger partial charge is 0.0312 e. The molecule has 0 amide bonds. The first-order chi connectivity index (χ1) is 8.31. The molecule has 0 saturated carbocycles. The van der Waals surface area contributed by atoms with Crippen molar-refractivity contribution in [2.24, 2.45) is 0 Å². The van der Waals surface area contributed by atoms with Crippen molar-refractivity contribution in [3.8, 4) is 0 Å². The number of piperidine rings is 1. The molecule has 0 spiro atoms. The van der Waals surface area contributed by atoms with E-state index in [4.69, 9.17) is 12.6 Å². The fourth-order valence-corrected chi connectivity index (χ4v) is 4.26. The minimum absolute atomic E-state index is 0.462. The Morgan fingerprint density at radius 1 is 0.882 bits per heavy atom. The lowest BCUT2D eigenvalue weighted by atomic mass is 10.1. The number of hydrogen-bond donors (Lipinski definition) is 2. The Hall–Kier alpha value is 0.620. The van der Waals surface area contributed by atoms with Gasteiger partial charge in [-0.2, -0.15) is 25.3 Å². The molecule has 2 aliphatic rings. The molecular weight excluding hydrogens is 248 g/mol. The molecule has 2 unspecified atom stereocenters. The summed E-state index contributed by atoms with van der Waals surface area (Å²) < 4.78 is 0. The molecular formula is C13H26N2S2. The highest BCUT2D eigenvalue weighted by atomic mass is 32.1. The van der Waals surface area contributed by atoms with Gasteiger partial charge in [0, 0.05) is 23.6 Å². The van der Waals surface area contributed by atoms with Crippen molar-refractivity contribution in [2.75, 3.05) is 38.5 Å². The van der Waals surface area contributed by atoms with E-state index in [-0.39, 0.29) is 0 Å². The highest BCUT2D eigenvalue weighted by molar-refractivity contribution is 7.81. The van der Waals surface area contributed by atoms with E-state index in [1.807, 2.05) is 0 Å². The van der Waals surface area contributed by atoms with Gasteiger partial charge in [-0.3, -0.25) is 4.90 Å². The second-order valence-electron chi connectivity index (χ2n) is 5.42. The molecule has 0 radical (unpaired) electrons. The molecule has 2 fully saturated rings. The molecule has 2 heterocycles. The third kappa shape index (κ3) is 4.05. The molecule has 100 valence electrons. The zero-order valence-corrected chi connectivity index (χ0v) is 12.5. The normalized spacial score (nSPS) is 27.2. The Labute approximate surface area is 117 Å². The van der Waals surface area contributed by atoms with E-state index < -0.39 is 0 Å². The summed E-state index contributed by atoms with van der Waals surface area (Å²) in [6, 6.07) is 0.558. The molecule has 0 N–H and O–H groups in total. The van der Waals surface area contributed by atoms with E-state index in [0.717, 1.165) is 12.3 Å². The van der Waals surface area contributed by atoms with E-state index in [0.29, 0.717) is 11.3 Å². The van der Waals surface area contributed by atoms with Crippen LogP contribution in [0.4, 0.5) is 0 Å². The van der Waals surface area contributed by atoms with Gasteiger partial charge in [0.2, 0.25) is 0 Å². The average molecular weight is 274 g/mol. The molecule has 2 aliphatic heterocycles. The Morgan fingerprint density at radius 3 is 2.06 bits per heavy atom. The van der Waals surface area contributed by atoms with Crippen LogP contribution in [-0.2, 0) is 0 Å². The molecule has 0 bridgehead atoms. The van der Waals surface area contributed by atoms with Crippen LogP contribution in [-0.4, -0.2) is 59.6 Å². The van der Waals surface area contributed by atoms with Crippen LogP contribution in [0.2, 0.25) is 0 Å². The summed E-state index contributed by atoms with van der Waals surface area (Å²) >= 11 is 9.41. The lowest BCUT2D eigenvalue weighted by Gasteiger charge is -2.38. The van der Waals surface area contributed by atoms with Gasteiger partial charge >= 0.3 is 0 Å². The summed E-state index contributed by atoms with van der Waals surface area (Å²) in [6.45, 7) is 6.20. The molecule has 2 nitrogen and oxygen atoms in total. The highest BCUT2D eigenvalue weighted by Crippen LogP contribution is 2.20. The molecule has 0 aliphatic carbocycles. The maximum Gasteiger partial charge on any atom is 0.0312 e. The van der Waals surface area contributed by atoms with Gasteiger partial charge in [-0.25, -0.2) is 0 Å². The Kier molecular flexibility index (Phi) is 6.00. The van der Waals surface area contributed by atoms with Crippen molar-refractivity contribution in [1.29, 1.82) is 0 Å². The molecule has 4 heteroatoms. The first kappa shape index (κ1) is 14.0. The van der Waals surface area contributed by atoms with Crippen molar-refractivity contribution >= 4 is 25.3 Å². The van der Waals surface area contributed by atoms with Crippen molar-refractivity contribution in [3.05, 3.63) is 0 Å². The molecule has 2 rings (SSSR count). The molecule has 2 saturated heterocycles. The van der Waals surface area contributed by atoms with Crippen molar-refractivity contribution in [2.45, 2.75) is 43.4 Å². The number of thiol groups is 2. The van der Waals surface area contributed by atoms with Crippen molar-refractivity contribution in [1.82, 2.24) is 9.80 Å². The maximum absolute atomic E-state index is 4.86. The summed E-state index contributed by atoms with van der Waals surface area (Å²) in [7, 11) is 0. The largest absolute Gasteiger partial charge is 0.302 e. The van der Waals surface area contributed by atoms with Crippen LogP contribution in [0.15, 0.2) is 0 Å². The average Bonchev–Trinajstić information content (AvgIpc) is 2.84. The quantitative estimate of drug-likeness (QED) is 0.742. The Balaban J connectivity index is 1.82. The first-order valence-corrected chi connectivity index (χ1v) is 8.21. The van der Waals surface area contributed by atoms with Crippen LogP contribution in [0, 0.1) is 0 Å². The van der Waals surface area contributed by atoms with Crippen LogP contribution in [0.25, 0.3) is 0 Å². The van der Waals surface area contributed by atoms with Crippen LogP contribution >= 0.6 is 25.3 Å². The Morgan fingerprint density at radius 2 is 1.47 bits per heavy atom. The number of rotatable bonds is 5. The predicted molar refractivity (Wildman–Crippen MR) is 81.5 cm³/mol.